The van der Waals surface area contributed by atoms with E-state index in [1.807, 2.05) is 12.4 Å². The SMILES string of the molecule is C.C[C@@H]1CCCNCCN1Cc1ccc2cnccc2c1. The zero-order valence-electron chi connectivity index (χ0n) is 12.2. The molecule has 21 heavy (non-hydrogen) atoms. The van der Waals surface area contributed by atoms with Crippen molar-refractivity contribution in [2.75, 3.05) is 19.6 Å². The first-order valence-corrected chi connectivity index (χ1v) is 7.60. The van der Waals surface area contributed by atoms with Crippen LogP contribution in [0.3, 0.4) is 0 Å². The number of rotatable bonds is 2. The smallest absolute Gasteiger partial charge is 0.0346 e. The highest BCUT2D eigenvalue weighted by atomic mass is 15.2. The van der Waals surface area contributed by atoms with Crippen molar-refractivity contribution in [3.05, 3.63) is 42.2 Å². The minimum absolute atomic E-state index is 0. The van der Waals surface area contributed by atoms with Crippen LogP contribution < -0.4 is 5.32 Å². The molecule has 1 aliphatic heterocycles. The van der Waals surface area contributed by atoms with Crippen LogP contribution in [0.15, 0.2) is 36.7 Å². The third-order valence-corrected chi connectivity index (χ3v) is 4.27. The molecule has 1 aliphatic rings. The molecule has 0 saturated carbocycles. The molecule has 2 aromatic rings. The highest BCUT2D eigenvalue weighted by Gasteiger charge is 2.15. The van der Waals surface area contributed by atoms with Gasteiger partial charge in [0.05, 0.1) is 0 Å². The van der Waals surface area contributed by atoms with E-state index >= 15 is 0 Å². The molecule has 3 heteroatoms. The predicted molar refractivity (Wildman–Crippen MR) is 90.4 cm³/mol. The largest absolute Gasteiger partial charge is 0.315 e. The second kappa shape index (κ2) is 7.53. The molecule has 0 amide bonds. The van der Waals surface area contributed by atoms with E-state index in [4.69, 9.17) is 0 Å². The first kappa shape index (κ1) is 15.9. The van der Waals surface area contributed by atoms with Crippen LogP contribution in [0.1, 0.15) is 32.8 Å². The quantitative estimate of drug-likeness (QED) is 0.916. The van der Waals surface area contributed by atoms with Gasteiger partial charge in [-0.05, 0) is 49.4 Å². The molecule has 1 N–H and O–H groups in total. The minimum Gasteiger partial charge on any atom is -0.315 e. The van der Waals surface area contributed by atoms with Crippen LogP contribution in [0.2, 0.25) is 0 Å². The fourth-order valence-corrected chi connectivity index (χ4v) is 2.97. The molecule has 1 aromatic carbocycles. The normalized spacial score (nSPS) is 20.5. The van der Waals surface area contributed by atoms with Gasteiger partial charge in [-0.15, -0.1) is 0 Å². The molecule has 3 nitrogen and oxygen atoms in total. The van der Waals surface area contributed by atoms with Crippen LogP contribution in [0.5, 0.6) is 0 Å². The summed E-state index contributed by atoms with van der Waals surface area (Å²) in [5.41, 5.74) is 1.40. The van der Waals surface area contributed by atoms with Crippen LogP contribution in [-0.4, -0.2) is 35.6 Å². The average molecular weight is 285 g/mol. The number of nitrogens with zero attached hydrogens (tertiary/aromatic N) is 2. The number of aromatic nitrogens is 1. The van der Waals surface area contributed by atoms with Gasteiger partial charge < -0.3 is 5.32 Å². The number of pyridine rings is 1. The third-order valence-electron chi connectivity index (χ3n) is 4.27. The summed E-state index contributed by atoms with van der Waals surface area (Å²) in [7, 11) is 0. The maximum atomic E-state index is 4.17. The lowest BCUT2D eigenvalue weighted by Crippen LogP contribution is -2.40. The lowest BCUT2D eigenvalue weighted by Gasteiger charge is -2.31. The minimum atomic E-state index is 0. The number of hydrogen-bond donors (Lipinski definition) is 1. The topological polar surface area (TPSA) is 28.2 Å². The molecular formula is C18H27N3. The van der Waals surface area contributed by atoms with Gasteiger partial charge in [0.25, 0.3) is 0 Å². The fraction of sp³-hybridized carbons (Fsp3) is 0.500. The van der Waals surface area contributed by atoms with Crippen molar-refractivity contribution in [3.63, 3.8) is 0 Å². The first-order chi connectivity index (χ1) is 9.83. The van der Waals surface area contributed by atoms with Crippen LogP contribution in [-0.2, 0) is 6.54 Å². The van der Waals surface area contributed by atoms with E-state index in [0.29, 0.717) is 6.04 Å². The number of fused-ring (bicyclic) bond motifs is 1. The van der Waals surface area contributed by atoms with E-state index in [2.05, 4.69) is 46.4 Å². The number of hydrogen-bond acceptors (Lipinski definition) is 3. The molecule has 0 radical (unpaired) electrons. The molecule has 0 unspecified atom stereocenters. The summed E-state index contributed by atoms with van der Waals surface area (Å²) >= 11 is 0. The van der Waals surface area contributed by atoms with Crippen LogP contribution in [0, 0.1) is 0 Å². The van der Waals surface area contributed by atoms with Gasteiger partial charge in [0, 0.05) is 43.5 Å². The average Bonchev–Trinajstić information content (AvgIpc) is 2.47. The maximum absolute atomic E-state index is 4.17. The lowest BCUT2D eigenvalue weighted by molar-refractivity contribution is 0.178. The Morgan fingerprint density at radius 3 is 3.05 bits per heavy atom. The second-order valence-corrected chi connectivity index (χ2v) is 5.77. The van der Waals surface area contributed by atoms with Crippen LogP contribution in [0.4, 0.5) is 0 Å². The van der Waals surface area contributed by atoms with Gasteiger partial charge >= 0.3 is 0 Å². The summed E-state index contributed by atoms with van der Waals surface area (Å²) in [5, 5.41) is 6.01. The third kappa shape index (κ3) is 4.02. The summed E-state index contributed by atoms with van der Waals surface area (Å²) in [6, 6.07) is 9.49. The van der Waals surface area contributed by atoms with Crippen molar-refractivity contribution in [2.45, 2.75) is 39.8 Å². The monoisotopic (exact) mass is 285 g/mol. The van der Waals surface area contributed by atoms with E-state index in [9.17, 15) is 0 Å². The van der Waals surface area contributed by atoms with Crippen molar-refractivity contribution in [1.29, 1.82) is 0 Å². The van der Waals surface area contributed by atoms with Gasteiger partial charge in [0.1, 0.15) is 0 Å². The molecule has 0 aliphatic carbocycles. The summed E-state index contributed by atoms with van der Waals surface area (Å²) in [6.07, 6.45) is 6.36. The molecule has 0 bridgehead atoms. The predicted octanol–water partition coefficient (Wildman–Crippen LogP) is 3.44. The molecule has 1 aromatic heterocycles. The molecular weight excluding hydrogens is 258 g/mol. The Morgan fingerprint density at radius 1 is 1.24 bits per heavy atom. The van der Waals surface area contributed by atoms with E-state index < -0.39 is 0 Å². The Hall–Kier alpha value is -1.45. The summed E-state index contributed by atoms with van der Waals surface area (Å²) in [4.78, 5) is 6.77. The summed E-state index contributed by atoms with van der Waals surface area (Å²) < 4.78 is 0. The van der Waals surface area contributed by atoms with E-state index in [0.717, 1.165) is 19.6 Å². The highest BCUT2D eigenvalue weighted by Crippen LogP contribution is 2.18. The van der Waals surface area contributed by atoms with Crippen molar-refractivity contribution >= 4 is 10.8 Å². The van der Waals surface area contributed by atoms with Crippen LogP contribution >= 0.6 is 0 Å². The molecule has 1 saturated heterocycles. The Kier molecular flexibility index (Phi) is 5.71. The van der Waals surface area contributed by atoms with Gasteiger partial charge in [-0.25, -0.2) is 0 Å². The zero-order chi connectivity index (χ0) is 13.8. The van der Waals surface area contributed by atoms with Gasteiger partial charge in [0.15, 0.2) is 0 Å². The van der Waals surface area contributed by atoms with Gasteiger partial charge in [-0.2, -0.15) is 0 Å². The summed E-state index contributed by atoms with van der Waals surface area (Å²) in [5.74, 6) is 0. The zero-order valence-corrected chi connectivity index (χ0v) is 12.2. The first-order valence-electron chi connectivity index (χ1n) is 7.60. The molecule has 0 spiro atoms. The molecule has 1 fully saturated rings. The van der Waals surface area contributed by atoms with Gasteiger partial charge in [-0.3, -0.25) is 9.88 Å². The van der Waals surface area contributed by atoms with Crippen molar-refractivity contribution in [2.24, 2.45) is 0 Å². The van der Waals surface area contributed by atoms with Crippen molar-refractivity contribution in [3.8, 4) is 0 Å². The van der Waals surface area contributed by atoms with Crippen molar-refractivity contribution in [1.82, 2.24) is 15.2 Å². The van der Waals surface area contributed by atoms with Gasteiger partial charge in [0.2, 0.25) is 0 Å². The Morgan fingerprint density at radius 2 is 2.14 bits per heavy atom. The van der Waals surface area contributed by atoms with E-state index in [1.165, 1.54) is 35.7 Å². The Balaban J connectivity index is 0.00000161. The number of benzene rings is 1. The number of nitrogens with one attached hydrogen (secondary N) is 1. The maximum Gasteiger partial charge on any atom is 0.0346 e. The van der Waals surface area contributed by atoms with Crippen molar-refractivity contribution < 1.29 is 0 Å². The summed E-state index contributed by atoms with van der Waals surface area (Å²) in [6.45, 7) is 6.80. The molecule has 114 valence electrons. The fourth-order valence-electron chi connectivity index (χ4n) is 2.97. The standard InChI is InChI=1S/C17H23N3.CH4/c1-14-3-2-7-18-9-10-20(14)13-15-4-5-17-12-19-8-6-16(17)11-15;/h4-6,8,11-12,14,18H,2-3,7,9-10,13H2,1H3;1H4/t14-;/m1./s1. The Labute approximate surface area is 128 Å². The van der Waals surface area contributed by atoms with Crippen LogP contribution in [0.25, 0.3) is 10.8 Å². The second-order valence-electron chi connectivity index (χ2n) is 5.77. The molecule has 1 atom stereocenters. The molecule has 2 heterocycles. The lowest BCUT2D eigenvalue weighted by atomic mass is 10.1. The molecule has 3 rings (SSSR count). The highest BCUT2D eigenvalue weighted by molar-refractivity contribution is 5.81. The Bertz CT molecular complexity index is 567. The van der Waals surface area contributed by atoms with E-state index in [1.54, 1.807) is 0 Å². The van der Waals surface area contributed by atoms with Gasteiger partial charge in [-0.1, -0.05) is 19.6 Å². The van der Waals surface area contributed by atoms with E-state index in [-0.39, 0.29) is 7.43 Å².